The molecule has 0 saturated carbocycles. The van der Waals surface area contributed by atoms with Crippen molar-refractivity contribution in [2.24, 2.45) is 0 Å². The van der Waals surface area contributed by atoms with Gasteiger partial charge in [0.2, 0.25) is 0 Å². The van der Waals surface area contributed by atoms with E-state index in [1.165, 1.54) is 16.8 Å². The lowest BCUT2D eigenvalue weighted by Crippen LogP contribution is -2.34. The molecule has 1 aliphatic heterocycles. The second-order valence-corrected chi connectivity index (χ2v) is 5.87. The van der Waals surface area contributed by atoms with Crippen LogP contribution in [0.5, 0.6) is 5.75 Å². The number of aromatic nitrogens is 2. The van der Waals surface area contributed by atoms with Gasteiger partial charge in [-0.05, 0) is 43.9 Å². The van der Waals surface area contributed by atoms with Gasteiger partial charge in [-0.2, -0.15) is 5.10 Å². The maximum atomic E-state index is 5.43. The maximum absolute atomic E-state index is 5.43. The van der Waals surface area contributed by atoms with Crippen molar-refractivity contribution in [2.75, 3.05) is 25.1 Å². The van der Waals surface area contributed by atoms with Crippen molar-refractivity contribution in [1.29, 1.82) is 0 Å². The molecule has 0 atom stereocenters. The Labute approximate surface area is 140 Å². The molecule has 0 amide bonds. The van der Waals surface area contributed by atoms with Gasteiger partial charge in [0.15, 0.2) is 0 Å². The molecule has 0 aliphatic carbocycles. The Bertz CT molecular complexity index is 613. The summed E-state index contributed by atoms with van der Waals surface area (Å²) in [6, 6.07) is 7.00. The molecular weight excluding hydrogens is 286 g/mol. The molecule has 2 heterocycles. The Morgan fingerprint density at radius 1 is 1.13 bits per heavy atom. The third-order valence-electron chi connectivity index (χ3n) is 4.33. The highest BCUT2D eigenvalue weighted by Crippen LogP contribution is 2.29. The highest BCUT2D eigenvalue weighted by Gasteiger charge is 2.21. The van der Waals surface area contributed by atoms with Crippen LogP contribution in [0.25, 0.3) is 0 Å². The van der Waals surface area contributed by atoms with Gasteiger partial charge in [0, 0.05) is 31.0 Å². The van der Waals surface area contributed by atoms with Gasteiger partial charge in [0.05, 0.1) is 19.3 Å². The molecular formula is C19H29N3O. The topological polar surface area (TPSA) is 30.3 Å². The summed E-state index contributed by atoms with van der Waals surface area (Å²) in [5.41, 5.74) is 3.68. The molecule has 1 saturated heterocycles. The van der Waals surface area contributed by atoms with Crippen molar-refractivity contribution in [3.8, 4) is 5.75 Å². The molecule has 0 N–H and O–H groups in total. The molecule has 0 spiro atoms. The van der Waals surface area contributed by atoms with Gasteiger partial charge in [0.1, 0.15) is 5.75 Å². The summed E-state index contributed by atoms with van der Waals surface area (Å²) in [6.45, 7) is 10.3. The number of rotatable bonds is 3. The van der Waals surface area contributed by atoms with Crippen LogP contribution in [-0.2, 0) is 0 Å². The van der Waals surface area contributed by atoms with Gasteiger partial charge in [0.25, 0.3) is 0 Å². The standard InChI is InChI=1S/C17H23N3O.C2H6/c1-13-11-18-20(12-13)15-6-8-19(9-7-15)16-5-4-14(2)17(10-16)21-3;1-2/h4-5,10-12,15H,6-9H2,1-3H3;1-2H3. The van der Waals surface area contributed by atoms with Crippen molar-refractivity contribution in [2.45, 2.75) is 46.6 Å². The molecule has 1 aromatic carbocycles. The first-order chi connectivity index (χ1) is 11.2. The Hall–Kier alpha value is -1.97. The van der Waals surface area contributed by atoms with Gasteiger partial charge in [-0.3, -0.25) is 4.68 Å². The lowest BCUT2D eigenvalue weighted by Gasteiger charge is -2.34. The molecule has 126 valence electrons. The molecule has 4 heteroatoms. The Morgan fingerprint density at radius 2 is 1.83 bits per heavy atom. The predicted octanol–water partition coefficient (Wildman–Crippen LogP) is 4.38. The number of nitrogens with zero attached hydrogens (tertiary/aromatic N) is 3. The van der Waals surface area contributed by atoms with E-state index < -0.39 is 0 Å². The monoisotopic (exact) mass is 315 g/mol. The van der Waals surface area contributed by atoms with Crippen molar-refractivity contribution in [3.05, 3.63) is 41.7 Å². The first kappa shape index (κ1) is 17.4. The van der Waals surface area contributed by atoms with E-state index in [9.17, 15) is 0 Å². The van der Waals surface area contributed by atoms with E-state index in [1.54, 1.807) is 7.11 Å². The molecule has 3 rings (SSSR count). The second kappa shape index (κ2) is 8.04. The van der Waals surface area contributed by atoms with Crippen LogP contribution in [-0.4, -0.2) is 30.0 Å². The van der Waals surface area contributed by atoms with Gasteiger partial charge in [-0.25, -0.2) is 0 Å². The number of hydrogen-bond donors (Lipinski definition) is 0. The maximum Gasteiger partial charge on any atom is 0.123 e. The van der Waals surface area contributed by atoms with Crippen molar-refractivity contribution >= 4 is 5.69 Å². The largest absolute Gasteiger partial charge is 0.496 e. The molecule has 1 aromatic heterocycles. The van der Waals surface area contributed by atoms with E-state index in [0.717, 1.165) is 31.7 Å². The van der Waals surface area contributed by atoms with Crippen molar-refractivity contribution in [1.82, 2.24) is 9.78 Å². The van der Waals surface area contributed by atoms with Crippen molar-refractivity contribution in [3.63, 3.8) is 0 Å². The summed E-state index contributed by atoms with van der Waals surface area (Å²) in [7, 11) is 1.73. The fourth-order valence-corrected chi connectivity index (χ4v) is 3.03. The molecule has 2 aromatic rings. The van der Waals surface area contributed by atoms with Crippen LogP contribution in [0.2, 0.25) is 0 Å². The van der Waals surface area contributed by atoms with Crippen LogP contribution < -0.4 is 9.64 Å². The Kier molecular flexibility index (Phi) is 6.08. The average Bonchev–Trinajstić information content (AvgIpc) is 3.04. The minimum absolute atomic E-state index is 0.530. The second-order valence-electron chi connectivity index (χ2n) is 5.87. The van der Waals surface area contributed by atoms with Crippen LogP contribution in [0.3, 0.4) is 0 Å². The molecule has 23 heavy (non-hydrogen) atoms. The van der Waals surface area contributed by atoms with Crippen LogP contribution in [0.1, 0.15) is 43.9 Å². The number of ether oxygens (including phenoxy) is 1. The number of hydrogen-bond acceptors (Lipinski definition) is 3. The zero-order chi connectivity index (χ0) is 16.8. The first-order valence-corrected chi connectivity index (χ1v) is 8.57. The van der Waals surface area contributed by atoms with Crippen LogP contribution in [0.4, 0.5) is 5.69 Å². The van der Waals surface area contributed by atoms with E-state index in [0.29, 0.717) is 6.04 Å². The summed E-state index contributed by atoms with van der Waals surface area (Å²) in [6.07, 6.45) is 6.36. The first-order valence-electron chi connectivity index (χ1n) is 8.57. The third-order valence-corrected chi connectivity index (χ3v) is 4.33. The molecule has 0 bridgehead atoms. The fraction of sp³-hybridized carbons (Fsp3) is 0.526. The highest BCUT2D eigenvalue weighted by atomic mass is 16.5. The summed E-state index contributed by atoms with van der Waals surface area (Å²) in [4.78, 5) is 2.44. The minimum atomic E-state index is 0.530. The van der Waals surface area contributed by atoms with Gasteiger partial charge >= 0.3 is 0 Å². The summed E-state index contributed by atoms with van der Waals surface area (Å²) in [5.74, 6) is 0.970. The highest BCUT2D eigenvalue weighted by molar-refractivity contribution is 5.53. The average molecular weight is 315 g/mol. The number of benzene rings is 1. The number of methoxy groups -OCH3 is 1. The zero-order valence-corrected chi connectivity index (χ0v) is 15.0. The van der Waals surface area contributed by atoms with Gasteiger partial charge in [-0.15, -0.1) is 0 Å². The quantitative estimate of drug-likeness (QED) is 0.842. The SMILES string of the molecule is CC.COc1cc(N2CCC(n3cc(C)cn3)CC2)ccc1C. The predicted molar refractivity (Wildman–Crippen MR) is 96.5 cm³/mol. The third kappa shape index (κ3) is 4.06. The minimum Gasteiger partial charge on any atom is -0.496 e. The van der Waals surface area contributed by atoms with Crippen LogP contribution in [0, 0.1) is 13.8 Å². The van der Waals surface area contributed by atoms with Crippen LogP contribution >= 0.6 is 0 Å². The number of anilines is 1. The molecule has 1 fully saturated rings. The fourth-order valence-electron chi connectivity index (χ4n) is 3.03. The molecule has 0 radical (unpaired) electrons. The molecule has 0 unspecified atom stereocenters. The Morgan fingerprint density at radius 3 is 2.39 bits per heavy atom. The van der Waals surface area contributed by atoms with Crippen molar-refractivity contribution < 1.29 is 4.74 Å². The summed E-state index contributed by atoms with van der Waals surface area (Å²) < 4.78 is 7.56. The zero-order valence-electron chi connectivity index (χ0n) is 15.0. The lowest BCUT2D eigenvalue weighted by molar-refractivity contribution is 0.366. The Balaban J connectivity index is 0.000000924. The van der Waals surface area contributed by atoms with E-state index in [2.05, 4.69) is 52.9 Å². The smallest absolute Gasteiger partial charge is 0.123 e. The normalized spacial score (nSPS) is 15.1. The van der Waals surface area contributed by atoms with E-state index >= 15 is 0 Å². The van der Waals surface area contributed by atoms with Gasteiger partial charge < -0.3 is 9.64 Å². The molecule has 1 aliphatic rings. The summed E-state index contributed by atoms with van der Waals surface area (Å²) in [5, 5.41) is 4.45. The van der Waals surface area contributed by atoms with E-state index in [1.807, 2.05) is 20.0 Å². The summed E-state index contributed by atoms with van der Waals surface area (Å²) >= 11 is 0. The lowest BCUT2D eigenvalue weighted by atomic mass is 10.0. The number of piperidine rings is 1. The van der Waals surface area contributed by atoms with Gasteiger partial charge in [-0.1, -0.05) is 19.9 Å². The van der Waals surface area contributed by atoms with E-state index in [-0.39, 0.29) is 0 Å². The molecule has 4 nitrogen and oxygen atoms in total. The number of aryl methyl sites for hydroxylation is 2. The van der Waals surface area contributed by atoms with Crippen LogP contribution in [0.15, 0.2) is 30.6 Å². The van der Waals surface area contributed by atoms with E-state index in [4.69, 9.17) is 4.74 Å².